The Bertz CT molecular complexity index is 569. The van der Waals surface area contributed by atoms with Crippen LogP contribution < -0.4 is 4.72 Å². The standard InChI is InChI=1S/C14H21NO3S3/c1-2-12-4-3-11(9-16)7-14(12)21(17,18)15-8-13-10-19-5-6-20-13/h3-4,7,13,15-16H,2,5-6,8-10H2,1H3. The van der Waals surface area contributed by atoms with Gasteiger partial charge in [-0.25, -0.2) is 13.1 Å². The number of aliphatic hydroxyl groups excluding tert-OH is 1. The molecular weight excluding hydrogens is 326 g/mol. The highest BCUT2D eigenvalue weighted by atomic mass is 32.2. The summed E-state index contributed by atoms with van der Waals surface area (Å²) in [4.78, 5) is 0.296. The minimum absolute atomic E-state index is 0.151. The Morgan fingerprint density at radius 1 is 1.38 bits per heavy atom. The lowest BCUT2D eigenvalue weighted by Gasteiger charge is -2.21. The highest BCUT2D eigenvalue weighted by Gasteiger charge is 2.21. The topological polar surface area (TPSA) is 66.4 Å². The zero-order chi connectivity index (χ0) is 15.3. The van der Waals surface area contributed by atoms with E-state index < -0.39 is 10.0 Å². The minimum Gasteiger partial charge on any atom is -0.392 e. The largest absolute Gasteiger partial charge is 0.392 e. The molecule has 4 nitrogen and oxygen atoms in total. The molecule has 1 saturated heterocycles. The summed E-state index contributed by atoms with van der Waals surface area (Å²) in [5.41, 5.74) is 1.40. The molecule has 0 radical (unpaired) electrons. The molecule has 1 aliphatic heterocycles. The van der Waals surface area contributed by atoms with Crippen LogP contribution in [-0.2, 0) is 23.1 Å². The molecule has 1 unspecified atom stereocenters. The number of aliphatic hydroxyl groups is 1. The summed E-state index contributed by atoms with van der Waals surface area (Å²) >= 11 is 3.70. The van der Waals surface area contributed by atoms with Gasteiger partial charge in [-0.3, -0.25) is 0 Å². The molecule has 0 bridgehead atoms. The Morgan fingerprint density at radius 3 is 2.81 bits per heavy atom. The molecule has 0 saturated carbocycles. The average molecular weight is 348 g/mol. The summed E-state index contributed by atoms with van der Waals surface area (Å²) in [7, 11) is -3.52. The molecule has 2 N–H and O–H groups in total. The maximum atomic E-state index is 12.5. The van der Waals surface area contributed by atoms with Crippen molar-refractivity contribution in [3.63, 3.8) is 0 Å². The number of sulfonamides is 1. The number of hydrogen-bond donors (Lipinski definition) is 2. The van der Waals surface area contributed by atoms with E-state index in [0.29, 0.717) is 28.7 Å². The number of thioether (sulfide) groups is 2. The number of hydrogen-bond acceptors (Lipinski definition) is 5. The van der Waals surface area contributed by atoms with Gasteiger partial charge in [0.05, 0.1) is 11.5 Å². The van der Waals surface area contributed by atoms with Crippen molar-refractivity contribution in [3.05, 3.63) is 29.3 Å². The zero-order valence-corrected chi connectivity index (χ0v) is 14.5. The molecule has 1 aromatic rings. The van der Waals surface area contributed by atoms with Crippen LogP contribution in [0.5, 0.6) is 0 Å². The van der Waals surface area contributed by atoms with Crippen molar-refractivity contribution in [1.82, 2.24) is 4.72 Å². The Hall–Kier alpha value is -0.210. The molecule has 1 heterocycles. The molecule has 0 aliphatic carbocycles. The molecule has 0 amide bonds. The SMILES string of the molecule is CCc1ccc(CO)cc1S(=O)(=O)NCC1CSCCS1. The summed E-state index contributed by atoms with van der Waals surface area (Å²) in [6, 6.07) is 5.13. The quantitative estimate of drug-likeness (QED) is 0.822. The first-order valence-electron chi connectivity index (χ1n) is 6.98. The van der Waals surface area contributed by atoms with Crippen LogP contribution in [0.15, 0.2) is 23.1 Å². The second-order valence-corrected chi connectivity index (χ2v) is 9.17. The van der Waals surface area contributed by atoms with E-state index in [2.05, 4.69) is 4.72 Å². The fraction of sp³-hybridized carbons (Fsp3) is 0.571. The van der Waals surface area contributed by atoms with Crippen LogP contribution in [0.4, 0.5) is 0 Å². The van der Waals surface area contributed by atoms with Crippen molar-refractivity contribution < 1.29 is 13.5 Å². The van der Waals surface area contributed by atoms with Crippen LogP contribution in [0.2, 0.25) is 0 Å². The average Bonchev–Trinajstić information content (AvgIpc) is 2.53. The third-order valence-electron chi connectivity index (χ3n) is 3.37. The summed E-state index contributed by atoms with van der Waals surface area (Å²) in [6.07, 6.45) is 0.649. The Kier molecular flexibility index (Phi) is 6.43. The lowest BCUT2D eigenvalue weighted by molar-refractivity contribution is 0.281. The molecule has 118 valence electrons. The van der Waals surface area contributed by atoms with Crippen LogP contribution >= 0.6 is 23.5 Å². The van der Waals surface area contributed by atoms with E-state index in [-0.39, 0.29) is 6.61 Å². The van der Waals surface area contributed by atoms with Crippen LogP contribution in [-0.4, -0.2) is 42.6 Å². The molecule has 0 aromatic heterocycles. The number of benzene rings is 1. The van der Waals surface area contributed by atoms with Crippen molar-refractivity contribution in [1.29, 1.82) is 0 Å². The maximum Gasteiger partial charge on any atom is 0.240 e. The summed E-state index contributed by atoms with van der Waals surface area (Å²) in [5.74, 6) is 3.22. The first-order valence-corrected chi connectivity index (χ1v) is 10.7. The zero-order valence-electron chi connectivity index (χ0n) is 12.0. The van der Waals surface area contributed by atoms with Gasteiger partial charge in [-0.2, -0.15) is 23.5 Å². The summed E-state index contributed by atoms with van der Waals surface area (Å²) < 4.78 is 27.8. The number of nitrogens with one attached hydrogen (secondary N) is 1. The van der Waals surface area contributed by atoms with Gasteiger partial charge < -0.3 is 5.11 Å². The monoisotopic (exact) mass is 347 g/mol. The van der Waals surface area contributed by atoms with Gasteiger partial charge in [-0.05, 0) is 23.6 Å². The van der Waals surface area contributed by atoms with E-state index in [1.54, 1.807) is 18.2 Å². The van der Waals surface area contributed by atoms with Crippen molar-refractivity contribution in [2.45, 2.75) is 30.1 Å². The number of aryl methyl sites for hydroxylation is 1. The molecule has 1 aliphatic rings. The molecule has 1 aromatic carbocycles. The summed E-state index contributed by atoms with van der Waals surface area (Å²) in [5, 5.41) is 9.54. The van der Waals surface area contributed by atoms with Gasteiger partial charge in [0.2, 0.25) is 10.0 Å². The fourth-order valence-electron chi connectivity index (χ4n) is 2.17. The third-order valence-corrected chi connectivity index (χ3v) is 7.72. The lowest BCUT2D eigenvalue weighted by atomic mass is 10.1. The molecule has 21 heavy (non-hydrogen) atoms. The van der Waals surface area contributed by atoms with Crippen molar-refractivity contribution in [2.75, 3.05) is 23.8 Å². The van der Waals surface area contributed by atoms with E-state index in [1.807, 2.05) is 30.4 Å². The van der Waals surface area contributed by atoms with Gasteiger partial charge >= 0.3 is 0 Å². The van der Waals surface area contributed by atoms with Gasteiger partial charge in [0, 0.05) is 29.1 Å². The predicted molar refractivity (Wildman–Crippen MR) is 90.5 cm³/mol. The van der Waals surface area contributed by atoms with Crippen molar-refractivity contribution in [2.24, 2.45) is 0 Å². The van der Waals surface area contributed by atoms with E-state index in [4.69, 9.17) is 0 Å². The van der Waals surface area contributed by atoms with E-state index in [1.165, 1.54) is 0 Å². The molecule has 0 spiro atoms. The minimum atomic E-state index is -3.52. The molecule has 7 heteroatoms. The maximum absolute atomic E-state index is 12.5. The smallest absolute Gasteiger partial charge is 0.240 e. The Balaban J connectivity index is 2.14. The predicted octanol–water partition coefficient (Wildman–Crippen LogP) is 1.87. The first-order chi connectivity index (χ1) is 10.1. The Labute approximate surface area is 135 Å². The lowest BCUT2D eigenvalue weighted by Crippen LogP contribution is -2.34. The molecule has 1 atom stereocenters. The van der Waals surface area contributed by atoms with Gasteiger partial charge in [-0.1, -0.05) is 19.1 Å². The molecular formula is C14H21NO3S3. The van der Waals surface area contributed by atoms with Crippen LogP contribution in [0.1, 0.15) is 18.1 Å². The second-order valence-electron chi connectivity index (χ2n) is 4.87. The van der Waals surface area contributed by atoms with E-state index in [0.717, 1.165) is 22.8 Å². The van der Waals surface area contributed by atoms with E-state index >= 15 is 0 Å². The Morgan fingerprint density at radius 2 is 2.19 bits per heavy atom. The number of rotatable bonds is 6. The van der Waals surface area contributed by atoms with Crippen LogP contribution in [0.25, 0.3) is 0 Å². The fourth-order valence-corrected chi connectivity index (χ4v) is 6.33. The van der Waals surface area contributed by atoms with Gasteiger partial charge in [-0.15, -0.1) is 0 Å². The summed E-state index contributed by atoms with van der Waals surface area (Å²) in [6.45, 7) is 2.24. The first kappa shape index (κ1) is 17.1. The van der Waals surface area contributed by atoms with Gasteiger partial charge in [0.15, 0.2) is 0 Å². The van der Waals surface area contributed by atoms with E-state index in [9.17, 15) is 13.5 Å². The van der Waals surface area contributed by atoms with Crippen molar-refractivity contribution >= 4 is 33.5 Å². The third kappa shape index (κ3) is 4.63. The van der Waals surface area contributed by atoms with Gasteiger partial charge in [0.25, 0.3) is 0 Å². The van der Waals surface area contributed by atoms with Gasteiger partial charge in [0.1, 0.15) is 0 Å². The van der Waals surface area contributed by atoms with Crippen LogP contribution in [0.3, 0.4) is 0 Å². The highest BCUT2D eigenvalue weighted by molar-refractivity contribution is 8.06. The second kappa shape index (κ2) is 7.87. The molecule has 2 rings (SSSR count). The normalized spacial score (nSPS) is 19.6. The molecule has 1 fully saturated rings. The highest BCUT2D eigenvalue weighted by Crippen LogP contribution is 2.24. The van der Waals surface area contributed by atoms with Crippen LogP contribution in [0, 0.1) is 0 Å². The van der Waals surface area contributed by atoms with Crippen molar-refractivity contribution in [3.8, 4) is 0 Å².